The smallest absolute Gasteiger partial charge is 0.331 e. The normalized spacial score (nSPS) is 25.3. The molecule has 1 aromatic carbocycles. The number of aliphatic hydroxyl groups is 2. The lowest BCUT2D eigenvalue weighted by atomic mass is 9.92. The van der Waals surface area contributed by atoms with E-state index in [1.54, 1.807) is 0 Å². The highest BCUT2D eigenvalue weighted by molar-refractivity contribution is 5.87. The van der Waals surface area contributed by atoms with Crippen LogP contribution in [0.15, 0.2) is 42.0 Å². The second-order valence-electron chi connectivity index (χ2n) is 5.46. The van der Waals surface area contributed by atoms with Crippen LogP contribution >= 0.6 is 0 Å². The third-order valence-electron chi connectivity index (χ3n) is 3.65. The number of carbonyl (C=O) groups excluding carboxylic acids is 1. The second-order valence-corrected chi connectivity index (χ2v) is 5.46. The molecular weight excluding hydrogens is 302 g/mol. The average Bonchev–Trinajstić information content (AvgIpc) is 2.52. The van der Waals surface area contributed by atoms with Crippen LogP contribution in [-0.4, -0.2) is 51.6 Å². The summed E-state index contributed by atoms with van der Waals surface area (Å²) in [6.07, 6.45) is -2.76. The van der Waals surface area contributed by atoms with Gasteiger partial charge >= 0.3 is 11.9 Å². The SMILES string of the molecule is N[C@@H](Cc1ccccc1)C(=O)OC1C=C(C(=O)O)CC(O)C1O. The number of ether oxygens (including phenoxy) is 1. The summed E-state index contributed by atoms with van der Waals surface area (Å²) >= 11 is 0. The highest BCUT2D eigenvalue weighted by Crippen LogP contribution is 2.22. The van der Waals surface area contributed by atoms with E-state index in [9.17, 15) is 19.8 Å². The first-order chi connectivity index (χ1) is 10.9. The molecule has 0 aromatic heterocycles. The second kappa shape index (κ2) is 7.36. The first-order valence-electron chi connectivity index (χ1n) is 7.18. The topological polar surface area (TPSA) is 130 Å². The van der Waals surface area contributed by atoms with E-state index in [1.165, 1.54) is 0 Å². The number of nitrogens with two attached hydrogens (primary N) is 1. The molecule has 4 atom stereocenters. The fraction of sp³-hybridized carbons (Fsp3) is 0.375. The highest BCUT2D eigenvalue weighted by Gasteiger charge is 2.35. The van der Waals surface area contributed by atoms with Gasteiger partial charge in [-0.1, -0.05) is 30.3 Å². The van der Waals surface area contributed by atoms with Crippen LogP contribution in [0.25, 0.3) is 0 Å². The number of aliphatic hydroxyl groups excluding tert-OH is 2. The molecule has 0 radical (unpaired) electrons. The molecule has 3 unspecified atom stereocenters. The van der Waals surface area contributed by atoms with Gasteiger partial charge in [0.2, 0.25) is 0 Å². The Morgan fingerprint density at radius 1 is 1.26 bits per heavy atom. The summed E-state index contributed by atoms with van der Waals surface area (Å²) in [6.45, 7) is 0. The molecule has 0 saturated carbocycles. The number of benzene rings is 1. The molecule has 2 rings (SSSR count). The van der Waals surface area contributed by atoms with E-state index in [0.29, 0.717) is 0 Å². The molecule has 0 bridgehead atoms. The monoisotopic (exact) mass is 321 g/mol. The fourth-order valence-corrected chi connectivity index (χ4v) is 2.37. The molecule has 1 aromatic rings. The zero-order chi connectivity index (χ0) is 17.0. The van der Waals surface area contributed by atoms with Crippen LogP contribution in [-0.2, 0) is 20.7 Å². The van der Waals surface area contributed by atoms with E-state index < -0.39 is 36.3 Å². The summed E-state index contributed by atoms with van der Waals surface area (Å²) in [4.78, 5) is 23.0. The standard InChI is InChI=1S/C16H19NO6/c17-11(6-9-4-2-1-3-5-9)16(22)23-13-8-10(15(20)21)7-12(18)14(13)19/h1-5,8,11-14,18-19H,6-7,17H2,(H,20,21)/t11-,12?,13?,14?/m0/s1. The number of aliphatic carboxylic acids is 1. The van der Waals surface area contributed by atoms with Crippen molar-refractivity contribution in [3.63, 3.8) is 0 Å². The van der Waals surface area contributed by atoms with Gasteiger partial charge in [0.05, 0.1) is 6.10 Å². The summed E-state index contributed by atoms with van der Waals surface area (Å²) < 4.78 is 5.07. The van der Waals surface area contributed by atoms with Crippen molar-refractivity contribution >= 4 is 11.9 Å². The van der Waals surface area contributed by atoms with Crippen LogP contribution in [0.4, 0.5) is 0 Å². The molecule has 23 heavy (non-hydrogen) atoms. The van der Waals surface area contributed by atoms with Crippen LogP contribution in [0.1, 0.15) is 12.0 Å². The molecule has 0 saturated heterocycles. The van der Waals surface area contributed by atoms with Gasteiger partial charge in [-0.15, -0.1) is 0 Å². The highest BCUT2D eigenvalue weighted by atomic mass is 16.6. The van der Waals surface area contributed by atoms with Crippen molar-refractivity contribution in [3.8, 4) is 0 Å². The Morgan fingerprint density at radius 3 is 2.52 bits per heavy atom. The number of hydrogen-bond acceptors (Lipinski definition) is 6. The van der Waals surface area contributed by atoms with Gasteiger partial charge in [-0.05, 0) is 18.1 Å². The molecule has 0 spiro atoms. The predicted octanol–water partition coefficient (Wildman–Crippen LogP) is -0.395. The summed E-state index contributed by atoms with van der Waals surface area (Å²) in [6, 6.07) is 8.15. The van der Waals surface area contributed by atoms with Crippen molar-refractivity contribution in [1.29, 1.82) is 0 Å². The van der Waals surface area contributed by atoms with Crippen LogP contribution in [0.2, 0.25) is 0 Å². The number of carboxylic acids is 1. The molecule has 1 aliphatic carbocycles. The van der Waals surface area contributed by atoms with E-state index in [1.807, 2.05) is 30.3 Å². The van der Waals surface area contributed by atoms with Gasteiger partial charge in [0.25, 0.3) is 0 Å². The van der Waals surface area contributed by atoms with Crippen LogP contribution in [0, 0.1) is 0 Å². The summed E-state index contributed by atoms with van der Waals surface area (Å²) in [5, 5.41) is 28.5. The lowest BCUT2D eigenvalue weighted by molar-refractivity contribution is -0.158. The van der Waals surface area contributed by atoms with Gasteiger partial charge in [-0.25, -0.2) is 4.79 Å². The summed E-state index contributed by atoms with van der Waals surface area (Å²) in [5.74, 6) is -2.00. The molecule has 7 nitrogen and oxygen atoms in total. The van der Waals surface area contributed by atoms with Crippen LogP contribution in [0.3, 0.4) is 0 Å². The molecule has 5 N–H and O–H groups in total. The van der Waals surface area contributed by atoms with Gasteiger partial charge < -0.3 is 25.8 Å². The number of carbonyl (C=O) groups is 2. The predicted molar refractivity (Wildman–Crippen MR) is 80.4 cm³/mol. The minimum atomic E-state index is -1.38. The van der Waals surface area contributed by atoms with Crippen molar-refractivity contribution in [3.05, 3.63) is 47.5 Å². The zero-order valence-corrected chi connectivity index (χ0v) is 12.3. The van der Waals surface area contributed by atoms with E-state index in [2.05, 4.69) is 0 Å². The first kappa shape index (κ1) is 17.1. The summed E-state index contributed by atoms with van der Waals surface area (Å²) in [5.41, 5.74) is 6.52. The Labute approximate surface area is 133 Å². The van der Waals surface area contributed by atoms with E-state index >= 15 is 0 Å². The number of hydrogen-bond donors (Lipinski definition) is 4. The quantitative estimate of drug-likeness (QED) is 0.543. The van der Waals surface area contributed by atoms with Crippen molar-refractivity contribution in [1.82, 2.24) is 0 Å². The Morgan fingerprint density at radius 2 is 1.91 bits per heavy atom. The van der Waals surface area contributed by atoms with Crippen LogP contribution in [0.5, 0.6) is 0 Å². The fourth-order valence-electron chi connectivity index (χ4n) is 2.37. The summed E-state index contributed by atoms with van der Waals surface area (Å²) in [7, 11) is 0. The van der Waals surface area contributed by atoms with E-state index in [-0.39, 0.29) is 18.4 Å². The largest absolute Gasteiger partial charge is 0.478 e. The zero-order valence-electron chi connectivity index (χ0n) is 12.3. The van der Waals surface area contributed by atoms with Crippen molar-refractivity contribution in [2.45, 2.75) is 37.2 Å². The van der Waals surface area contributed by atoms with Gasteiger partial charge in [-0.3, -0.25) is 4.79 Å². The lowest BCUT2D eigenvalue weighted by Gasteiger charge is -2.30. The maximum absolute atomic E-state index is 12.0. The molecule has 0 fully saturated rings. The van der Waals surface area contributed by atoms with Crippen molar-refractivity contribution in [2.24, 2.45) is 5.73 Å². The van der Waals surface area contributed by atoms with Crippen molar-refractivity contribution < 1.29 is 29.6 Å². The van der Waals surface area contributed by atoms with Gasteiger partial charge in [0.15, 0.2) is 0 Å². The Kier molecular flexibility index (Phi) is 5.49. The number of carboxylic acid groups (broad SMARTS) is 1. The Hall–Kier alpha value is -2.22. The molecule has 0 aliphatic heterocycles. The lowest BCUT2D eigenvalue weighted by Crippen LogP contribution is -2.46. The minimum absolute atomic E-state index is 0.114. The third kappa shape index (κ3) is 4.38. The molecule has 0 amide bonds. The maximum Gasteiger partial charge on any atom is 0.331 e. The molecular formula is C16H19NO6. The van der Waals surface area contributed by atoms with E-state index in [0.717, 1.165) is 11.6 Å². The molecule has 7 heteroatoms. The van der Waals surface area contributed by atoms with Crippen molar-refractivity contribution in [2.75, 3.05) is 0 Å². The minimum Gasteiger partial charge on any atom is -0.478 e. The van der Waals surface area contributed by atoms with Gasteiger partial charge in [0, 0.05) is 12.0 Å². The molecule has 124 valence electrons. The molecule has 1 aliphatic rings. The Bertz CT molecular complexity index is 600. The van der Waals surface area contributed by atoms with Crippen LogP contribution < -0.4 is 5.73 Å². The van der Waals surface area contributed by atoms with Gasteiger partial charge in [-0.2, -0.15) is 0 Å². The number of esters is 1. The number of rotatable bonds is 5. The Balaban J connectivity index is 2.03. The maximum atomic E-state index is 12.0. The molecule has 0 heterocycles. The van der Waals surface area contributed by atoms with E-state index in [4.69, 9.17) is 15.6 Å². The average molecular weight is 321 g/mol. The first-order valence-corrected chi connectivity index (χ1v) is 7.18. The van der Waals surface area contributed by atoms with Gasteiger partial charge in [0.1, 0.15) is 18.2 Å². The third-order valence-corrected chi connectivity index (χ3v) is 3.65.